The summed E-state index contributed by atoms with van der Waals surface area (Å²) in [5.41, 5.74) is 7.99. The van der Waals surface area contributed by atoms with Crippen molar-refractivity contribution in [2.45, 2.75) is 44.1 Å². The maximum atomic E-state index is 7.92. The van der Waals surface area contributed by atoms with E-state index in [1.807, 2.05) is 0 Å². The van der Waals surface area contributed by atoms with Crippen molar-refractivity contribution in [3.05, 3.63) is 0 Å². The minimum atomic E-state index is 0.0677. The summed E-state index contributed by atoms with van der Waals surface area (Å²) >= 11 is 0. The third-order valence-electron chi connectivity index (χ3n) is 3.13. The molecule has 2 rings (SSSR count). The van der Waals surface area contributed by atoms with E-state index in [-0.39, 0.29) is 5.54 Å². The lowest BCUT2D eigenvalue weighted by Crippen LogP contribution is -2.48. The zero-order valence-electron chi connectivity index (χ0n) is 5.82. The van der Waals surface area contributed by atoms with Crippen LogP contribution in [0.2, 0.25) is 0 Å². The third kappa shape index (κ3) is 0.710. The zero-order chi connectivity index (χ0) is 6.32. The second kappa shape index (κ2) is 1.72. The SMILES string of the molecule is [NH]C1(C2CCC2)CCC1. The Kier molecular flexibility index (Phi) is 1.10. The van der Waals surface area contributed by atoms with Crippen molar-refractivity contribution in [1.29, 1.82) is 0 Å². The van der Waals surface area contributed by atoms with E-state index in [2.05, 4.69) is 0 Å². The van der Waals surface area contributed by atoms with Crippen LogP contribution in [0.4, 0.5) is 0 Å². The average molecular weight is 124 g/mol. The smallest absolute Gasteiger partial charge is 0.0352 e. The largest absolute Gasteiger partial charge is 0.251 e. The summed E-state index contributed by atoms with van der Waals surface area (Å²) in [4.78, 5) is 0. The van der Waals surface area contributed by atoms with E-state index in [1.165, 1.54) is 38.5 Å². The van der Waals surface area contributed by atoms with Gasteiger partial charge in [0.2, 0.25) is 0 Å². The molecule has 9 heavy (non-hydrogen) atoms. The van der Waals surface area contributed by atoms with Crippen LogP contribution in [0.5, 0.6) is 0 Å². The Hall–Kier alpha value is -0.0400. The van der Waals surface area contributed by atoms with Gasteiger partial charge in [-0.3, -0.25) is 5.73 Å². The monoisotopic (exact) mass is 124 g/mol. The molecule has 0 amide bonds. The van der Waals surface area contributed by atoms with E-state index >= 15 is 0 Å². The summed E-state index contributed by atoms with van der Waals surface area (Å²) < 4.78 is 0. The van der Waals surface area contributed by atoms with Crippen LogP contribution in [-0.2, 0) is 0 Å². The first-order valence-electron chi connectivity index (χ1n) is 4.06. The fourth-order valence-corrected chi connectivity index (χ4v) is 1.93. The predicted octanol–water partition coefficient (Wildman–Crippen LogP) is 1.99. The number of nitrogens with one attached hydrogen (secondary N) is 1. The lowest BCUT2D eigenvalue weighted by atomic mass is 9.61. The molecule has 0 aromatic heterocycles. The van der Waals surface area contributed by atoms with Crippen LogP contribution in [-0.4, -0.2) is 5.54 Å². The molecule has 2 aliphatic rings. The summed E-state index contributed by atoms with van der Waals surface area (Å²) in [6.07, 6.45) is 7.80. The Balaban J connectivity index is 1.94. The summed E-state index contributed by atoms with van der Waals surface area (Å²) in [5.74, 6) is 0.797. The van der Waals surface area contributed by atoms with E-state index in [0.29, 0.717) is 0 Å². The summed E-state index contributed by atoms with van der Waals surface area (Å²) in [6, 6.07) is 0. The molecule has 2 fully saturated rings. The maximum Gasteiger partial charge on any atom is 0.0352 e. The van der Waals surface area contributed by atoms with Gasteiger partial charge in [0.15, 0.2) is 0 Å². The maximum absolute atomic E-state index is 7.92. The van der Waals surface area contributed by atoms with Gasteiger partial charge in [0, 0.05) is 5.54 Å². The van der Waals surface area contributed by atoms with Gasteiger partial charge in [-0.2, -0.15) is 0 Å². The first kappa shape index (κ1) is 5.72. The Morgan fingerprint density at radius 3 is 1.89 bits per heavy atom. The standard InChI is InChI=1S/C8H14N/c9-8(5-2-6-8)7-3-1-4-7/h7,9H,1-6H2. The van der Waals surface area contributed by atoms with Crippen molar-refractivity contribution < 1.29 is 0 Å². The lowest BCUT2D eigenvalue weighted by Gasteiger charge is -2.48. The highest BCUT2D eigenvalue weighted by atomic mass is 14.8. The predicted molar refractivity (Wildman–Crippen MR) is 37.0 cm³/mol. The molecule has 1 radical (unpaired) electrons. The molecule has 2 saturated carbocycles. The van der Waals surface area contributed by atoms with Crippen molar-refractivity contribution in [3.8, 4) is 0 Å². The molecule has 51 valence electrons. The van der Waals surface area contributed by atoms with Gasteiger partial charge >= 0.3 is 0 Å². The summed E-state index contributed by atoms with van der Waals surface area (Å²) in [6.45, 7) is 0. The molecule has 0 aromatic carbocycles. The number of hydrogen-bond donors (Lipinski definition) is 0. The fraction of sp³-hybridized carbons (Fsp3) is 1.00. The topological polar surface area (TPSA) is 23.8 Å². The first-order chi connectivity index (χ1) is 4.31. The van der Waals surface area contributed by atoms with E-state index in [0.717, 1.165) is 5.92 Å². The van der Waals surface area contributed by atoms with Crippen molar-refractivity contribution in [1.82, 2.24) is 5.73 Å². The molecular weight excluding hydrogens is 110 g/mol. The first-order valence-corrected chi connectivity index (χ1v) is 4.06. The van der Waals surface area contributed by atoms with E-state index in [4.69, 9.17) is 5.73 Å². The highest BCUT2D eigenvalue weighted by molar-refractivity contribution is 5.00. The van der Waals surface area contributed by atoms with Crippen molar-refractivity contribution in [3.63, 3.8) is 0 Å². The Morgan fingerprint density at radius 1 is 1.11 bits per heavy atom. The third-order valence-corrected chi connectivity index (χ3v) is 3.13. The molecule has 1 N–H and O–H groups in total. The molecule has 0 saturated heterocycles. The number of hydrogen-bond acceptors (Lipinski definition) is 0. The number of rotatable bonds is 1. The minimum absolute atomic E-state index is 0.0677. The van der Waals surface area contributed by atoms with Gasteiger partial charge in [-0.05, 0) is 38.0 Å². The zero-order valence-corrected chi connectivity index (χ0v) is 5.82. The van der Waals surface area contributed by atoms with E-state index < -0.39 is 0 Å². The van der Waals surface area contributed by atoms with Gasteiger partial charge in [-0.1, -0.05) is 6.42 Å². The minimum Gasteiger partial charge on any atom is -0.251 e. The van der Waals surface area contributed by atoms with Crippen molar-refractivity contribution in [2.75, 3.05) is 0 Å². The highest BCUT2D eigenvalue weighted by Crippen LogP contribution is 2.46. The van der Waals surface area contributed by atoms with Crippen LogP contribution in [0.3, 0.4) is 0 Å². The molecule has 1 heteroatoms. The Bertz CT molecular complexity index is 112. The Morgan fingerprint density at radius 2 is 1.78 bits per heavy atom. The van der Waals surface area contributed by atoms with Crippen LogP contribution < -0.4 is 5.73 Å². The van der Waals surface area contributed by atoms with Crippen LogP contribution >= 0.6 is 0 Å². The van der Waals surface area contributed by atoms with Gasteiger partial charge in [0.1, 0.15) is 0 Å². The highest BCUT2D eigenvalue weighted by Gasteiger charge is 2.43. The van der Waals surface area contributed by atoms with Gasteiger partial charge < -0.3 is 0 Å². The molecule has 0 atom stereocenters. The normalized spacial score (nSPS) is 33.0. The van der Waals surface area contributed by atoms with Crippen LogP contribution in [0, 0.1) is 5.92 Å². The molecule has 2 aliphatic carbocycles. The fourth-order valence-electron chi connectivity index (χ4n) is 1.93. The molecule has 0 heterocycles. The quantitative estimate of drug-likeness (QED) is 0.510. The van der Waals surface area contributed by atoms with Crippen LogP contribution in [0.25, 0.3) is 0 Å². The molecular formula is C8H14N. The van der Waals surface area contributed by atoms with Gasteiger partial charge in [0.25, 0.3) is 0 Å². The molecule has 0 aromatic rings. The molecule has 0 spiro atoms. The lowest BCUT2D eigenvalue weighted by molar-refractivity contribution is 0.0825. The second-order valence-electron chi connectivity index (χ2n) is 3.64. The molecule has 1 nitrogen and oxygen atoms in total. The average Bonchev–Trinajstić information content (AvgIpc) is 1.56. The summed E-state index contributed by atoms with van der Waals surface area (Å²) in [5, 5.41) is 0. The second-order valence-corrected chi connectivity index (χ2v) is 3.64. The Labute approximate surface area is 56.6 Å². The van der Waals surface area contributed by atoms with Gasteiger partial charge in [-0.15, -0.1) is 0 Å². The van der Waals surface area contributed by atoms with Gasteiger partial charge in [-0.25, -0.2) is 0 Å². The van der Waals surface area contributed by atoms with Crippen molar-refractivity contribution in [2.24, 2.45) is 5.92 Å². The van der Waals surface area contributed by atoms with Gasteiger partial charge in [0.05, 0.1) is 0 Å². The van der Waals surface area contributed by atoms with E-state index in [9.17, 15) is 0 Å². The molecule has 0 aliphatic heterocycles. The molecule has 0 bridgehead atoms. The molecule has 0 unspecified atom stereocenters. The summed E-state index contributed by atoms with van der Waals surface area (Å²) in [7, 11) is 0. The van der Waals surface area contributed by atoms with Crippen LogP contribution in [0.1, 0.15) is 38.5 Å². The van der Waals surface area contributed by atoms with Crippen molar-refractivity contribution >= 4 is 0 Å². The van der Waals surface area contributed by atoms with E-state index in [1.54, 1.807) is 0 Å². The van der Waals surface area contributed by atoms with Crippen LogP contribution in [0.15, 0.2) is 0 Å².